The maximum atomic E-state index is 13.5. The van der Waals surface area contributed by atoms with Gasteiger partial charge in [0.15, 0.2) is 0 Å². The van der Waals surface area contributed by atoms with Gasteiger partial charge in [-0.25, -0.2) is 4.39 Å². The Morgan fingerprint density at radius 3 is 2.78 bits per heavy atom. The smallest absolute Gasteiger partial charge is 0.126 e. The molecule has 0 bridgehead atoms. The van der Waals surface area contributed by atoms with E-state index in [1.165, 1.54) is 11.5 Å². The summed E-state index contributed by atoms with van der Waals surface area (Å²) in [6, 6.07) is 5.26. The molecular formula is C14H21FN2S. The average Bonchev–Trinajstić information content (AvgIpc) is 2.40. The fourth-order valence-electron chi connectivity index (χ4n) is 2.15. The van der Waals surface area contributed by atoms with Crippen molar-refractivity contribution >= 4 is 11.8 Å². The van der Waals surface area contributed by atoms with E-state index in [4.69, 9.17) is 5.73 Å². The highest BCUT2D eigenvalue weighted by Crippen LogP contribution is 2.18. The first-order valence-corrected chi connectivity index (χ1v) is 7.64. The topological polar surface area (TPSA) is 29.3 Å². The van der Waals surface area contributed by atoms with Crippen LogP contribution in [-0.2, 0) is 0 Å². The molecule has 2 rings (SSSR count). The van der Waals surface area contributed by atoms with Gasteiger partial charge in [-0.15, -0.1) is 0 Å². The standard InChI is InChI=1S/C14H21FN2S/c1-11-2-3-12(10-13(11)15)14(16)4-5-17-6-8-18-9-7-17/h2-3,10,14H,4-9,16H2,1H3. The molecule has 18 heavy (non-hydrogen) atoms. The number of aryl methyl sites for hydroxylation is 1. The number of hydrogen-bond acceptors (Lipinski definition) is 3. The number of hydrogen-bond donors (Lipinski definition) is 1. The molecule has 4 heteroatoms. The van der Waals surface area contributed by atoms with Crippen LogP contribution in [0.3, 0.4) is 0 Å². The fraction of sp³-hybridized carbons (Fsp3) is 0.571. The lowest BCUT2D eigenvalue weighted by Crippen LogP contribution is -2.34. The Morgan fingerprint density at radius 1 is 1.39 bits per heavy atom. The molecule has 1 heterocycles. The van der Waals surface area contributed by atoms with Gasteiger partial charge in [0.25, 0.3) is 0 Å². The van der Waals surface area contributed by atoms with Crippen LogP contribution in [0.25, 0.3) is 0 Å². The predicted octanol–water partition coefficient (Wildman–Crippen LogP) is 2.57. The maximum Gasteiger partial charge on any atom is 0.126 e. The van der Waals surface area contributed by atoms with E-state index in [0.717, 1.165) is 31.6 Å². The van der Waals surface area contributed by atoms with Crippen molar-refractivity contribution in [3.8, 4) is 0 Å². The van der Waals surface area contributed by atoms with Gasteiger partial charge < -0.3 is 10.6 Å². The summed E-state index contributed by atoms with van der Waals surface area (Å²) in [5.41, 5.74) is 7.72. The summed E-state index contributed by atoms with van der Waals surface area (Å²) in [5.74, 6) is 2.28. The molecule has 0 saturated carbocycles. The second kappa shape index (κ2) is 6.55. The molecule has 2 N–H and O–H groups in total. The van der Waals surface area contributed by atoms with E-state index in [9.17, 15) is 4.39 Å². The van der Waals surface area contributed by atoms with E-state index in [-0.39, 0.29) is 11.9 Å². The van der Waals surface area contributed by atoms with E-state index in [1.54, 1.807) is 13.0 Å². The zero-order valence-corrected chi connectivity index (χ0v) is 11.7. The quantitative estimate of drug-likeness (QED) is 0.910. The molecule has 1 unspecified atom stereocenters. The number of nitrogens with two attached hydrogens (primary N) is 1. The molecule has 1 fully saturated rings. The van der Waals surface area contributed by atoms with Gasteiger partial charge >= 0.3 is 0 Å². The molecule has 0 aliphatic carbocycles. The number of thioether (sulfide) groups is 1. The summed E-state index contributed by atoms with van der Waals surface area (Å²) in [4.78, 5) is 2.45. The van der Waals surface area contributed by atoms with E-state index in [1.807, 2.05) is 23.9 Å². The summed E-state index contributed by atoms with van der Waals surface area (Å²) in [6.07, 6.45) is 0.896. The lowest BCUT2D eigenvalue weighted by Gasteiger charge is -2.27. The predicted molar refractivity (Wildman–Crippen MR) is 76.4 cm³/mol. The molecule has 0 amide bonds. The Labute approximate surface area is 113 Å². The average molecular weight is 268 g/mol. The first-order chi connectivity index (χ1) is 8.66. The van der Waals surface area contributed by atoms with Crippen molar-refractivity contribution in [2.45, 2.75) is 19.4 Å². The first-order valence-electron chi connectivity index (χ1n) is 6.48. The first kappa shape index (κ1) is 13.8. The molecule has 1 aromatic carbocycles. The van der Waals surface area contributed by atoms with E-state index in [2.05, 4.69) is 4.90 Å². The lowest BCUT2D eigenvalue weighted by atomic mass is 10.0. The second-order valence-corrected chi connectivity index (χ2v) is 6.08. The Balaban J connectivity index is 1.86. The van der Waals surface area contributed by atoms with Crippen LogP contribution in [0, 0.1) is 12.7 Å². The lowest BCUT2D eigenvalue weighted by molar-refractivity contribution is 0.289. The molecule has 0 spiro atoms. The second-order valence-electron chi connectivity index (χ2n) is 4.86. The van der Waals surface area contributed by atoms with Crippen LogP contribution in [0.15, 0.2) is 18.2 Å². The minimum absolute atomic E-state index is 0.0605. The molecule has 2 nitrogen and oxygen atoms in total. The third-order valence-electron chi connectivity index (χ3n) is 3.48. The zero-order valence-electron chi connectivity index (χ0n) is 10.9. The summed E-state index contributed by atoms with van der Waals surface area (Å²) < 4.78 is 13.5. The minimum Gasteiger partial charge on any atom is -0.324 e. The van der Waals surface area contributed by atoms with Gasteiger partial charge in [-0.1, -0.05) is 12.1 Å². The zero-order chi connectivity index (χ0) is 13.0. The third kappa shape index (κ3) is 3.70. The Bertz CT molecular complexity index is 391. The van der Waals surface area contributed by atoms with Crippen LogP contribution < -0.4 is 5.73 Å². The molecule has 100 valence electrons. The van der Waals surface area contributed by atoms with Crippen molar-refractivity contribution in [1.82, 2.24) is 4.90 Å². The minimum atomic E-state index is -0.155. The molecule has 0 radical (unpaired) electrons. The largest absolute Gasteiger partial charge is 0.324 e. The van der Waals surface area contributed by atoms with Gasteiger partial charge in [0.2, 0.25) is 0 Å². The molecule has 1 aromatic rings. The van der Waals surface area contributed by atoms with Crippen molar-refractivity contribution in [3.05, 3.63) is 35.1 Å². The fourth-order valence-corrected chi connectivity index (χ4v) is 3.13. The summed E-state index contributed by atoms with van der Waals surface area (Å²) in [5, 5.41) is 0. The van der Waals surface area contributed by atoms with Crippen LogP contribution in [-0.4, -0.2) is 36.0 Å². The highest BCUT2D eigenvalue weighted by molar-refractivity contribution is 7.99. The number of rotatable bonds is 4. The summed E-state index contributed by atoms with van der Waals surface area (Å²) in [7, 11) is 0. The Kier molecular flexibility index (Phi) is 5.03. The molecule has 1 aliphatic heterocycles. The van der Waals surface area contributed by atoms with Gasteiger partial charge in [-0.05, 0) is 30.5 Å². The highest BCUT2D eigenvalue weighted by Gasteiger charge is 2.13. The summed E-state index contributed by atoms with van der Waals surface area (Å²) >= 11 is 2.01. The van der Waals surface area contributed by atoms with Gasteiger partial charge in [-0.2, -0.15) is 11.8 Å². The SMILES string of the molecule is Cc1ccc(C(N)CCN2CCSCC2)cc1F. The van der Waals surface area contributed by atoms with Gasteiger partial charge in [0, 0.05) is 37.2 Å². The number of benzene rings is 1. The van der Waals surface area contributed by atoms with E-state index in [0.29, 0.717) is 5.56 Å². The number of halogens is 1. The van der Waals surface area contributed by atoms with Gasteiger partial charge in [-0.3, -0.25) is 0 Å². The van der Waals surface area contributed by atoms with Gasteiger partial charge in [0.05, 0.1) is 0 Å². The molecule has 1 aliphatic rings. The van der Waals surface area contributed by atoms with Gasteiger partial charge in [0.1, 0.15) is 5.82 Å². The van der Waals surface area contributed by atoms with Crippen molar-refractivity contribution in [2.24, 2.45) is 5.73 Å². The molecule has 0 aromatic heterocycles. The van der Waals surface area contributed by atoms with Crippen LogP contribution in [0.5, 0.6) is 0 Å². The molecular weight excluding hydrogens is 247 g/mol. The summed E-state index contributed by atoms with van der Waals surface area (Å²) in [6.45, 7) is 5.09. The van der Waals surface area contributed by atoms with Crippen molar-refractivity contribution < 1.29 is 4.39 Å². The number of nitrogens with zero attached hydrogens (tertiary/aromatic N) is 1. The van der Waals surface area contributed by atoms with Crippen LogP contribution in [0.1, 0.15) is 23.6 Å². The Hall–Kier alpha value is -0.580. The van der Waals surface area contributed by atoms with Crippen LogP contribution >= 0.6 is 11.8 Å². The molecule has 1 saturated heterocycles. The normalized spacial score (nSPS) is 18.8. The maximum absolute atomic E-state index is 13.5. The molecule has 1 atom stereocenters. The van der Waals surface area contributed by atoms with E-state index < -0.39 is 0 Å². The van der Waals surface area contributed by atoms with Crippen molar-refractivity contribution in [3.63, 3.8) is 0 Å². The Morgan fingerprint density at radius 2 is 2.11 bits per heavy atom. The van der Waals surface area contributed by atoms with Crippen LogP contribution in [0.4, 0.5) is 4.39 Å². The van der Waals surface area contributed by atoms with E-state index >= 15 is 0 Å². The third-order valence-corrected chi connectivity index (χ3v) is 4.43. The monoisotopic (exact) mass is 268 g/mol. The van der Waals surface area contributed by atoms with Crippen LogP contribution in [0.2, 0.25) is 0 Å². The highest BCUT2D eigenvalue weighted by atomic mass is 32.2. The van der Waals surface area contributed by atoms with Crippen molar-refractivity contribution in [1.29, 1.82) is 0 Å². The van der Waals surface area contributed by atoms with Crippen molar-refractivity contribution in [2.75, 3.05) is 31.1 Å².